The highest BCUT2D eigenvalue weighted by molar-refractivity contribution is 6.31. The van der Waals surface area contributed by atoms with Gasteiger partial charge in [-0.1, -0.05) is 30.7 Å². The number of rotatable bonds is 4. The Labute approximate surface area is 244 Å². The highest BCUT2D eigenvalue weighted by Gasteiger charge is 2.79. The number of alkyl halides is 5. The number of hydrogen-bond donors (Lipinski definition) is 2. The maximum absolute atomic E-state index is 17.4. The van der Waals surface area contributed by atoms with E-state index in [1.807, 2.05) is 0 Å². The molecule has 0 bridgehead atoms. The minimum Gasteiger partial charge on any atom is -0.390 e. The Kier molecular flexibility index (Phi) is 6.69. The van der Waals surface area contributed by atoms with Crippen molar-refractivity contribution in [2.24, 2.45) is 28.6 Å². The fourth-order valence-electron chi connectivity index (χ4n) is 9.13. The topological polar surface area (TPSA) is 87.1 Å². The van der Waals surface area contributed by atoms with Crippen molar-refractivity contribution in [3.63, 3.8) is 0 Å². The third-order valence-electron chi connectivity index (χ3n) is 10.9. The first-order valence-electron chi connectivity index (χ1n) is 13.9. The normalized spacial score (nSPS) is 43.0. The van der Waals surface area contributed by atoms with Crippen molar-refractivity contribution in [1.29, 1.82) is 0 Å². The van der Waals surface area contributed by atoms with Crippen molar-refractivity contribution in [2.45, 2.75) is 69.4 Å². The van der Waals surface area contributed by atoms with E-state index in [1.54, 1.807) is 6.92 Å². The Morgan fingerprint density at radius 2 is 1.93 bits per heavy atom. The molecule has 1 aromatic carbocycles. The van der Waals surface area contributed by atoms with Crippen molar-refractivity contribution in [1.82, 2.24) is 5.06 Å². The summed E-state index contributed by atoms with van der Waals surface area (Å²) >= 11 is 5.76. The second-order valence-corrected chi connectivity index (χ2v) is 13.2. The summed E-state index contributed by atoms with van der Waals surface area (Å²) in [6.07, 6.45) is -4.73. The minimum absolute atomic E-state index is 0.0145. The van der Waals surface area contributed by atoms with Crippen LogP contribution in [0.1, 0.15) is 44.2 Å². The lowest BCUT2D eigenvalue weighted by molar-refractivity contribution is -0.269. The molecule has 12 heteroatoms. The second kappa shape index (κ2) is 9.41. The number of carbonyl (C=O) groups is 2. The molecule has 6 nitrogen and oxygen atoms in total. The lowest BCUT2D eigenvalue weighted by Crippen LogP contribution is -2.70. The molecule has 228 valence electrons. The van der Waals surface area contributed by atoms with Crippen LogP contribution in [-0.4, -0.2) is 63.5 Å². The van der Waals surface area contributed by atoms with Crippen molar-refractivity contribution < 1.29 is 46.6 Å². The van der Waals surface area contributed by atoms with E-state index in [-0.39, 0.29) is 43.5 Å². The van der Waals surface area contributed by atoms with Crippen molar-refractivity contribution in [3.05, 3.63) is 58.1 Å². The zero-order chi connectivity index (χ0) is 30.6. The van der Waals surface area contributed by atoms with Gasteiger partial charge in [0.1, 0.15) is 12.8 Å². The van der Waals surface area contributed by atoms with Gasteiger partial charge in [-0.2, -0.15) is 18.2 Å². The van der Waals surface area contributed by atoms with E-state index in [1.165, 1.54) is 30.2 Å². The Morgan fingerprint density at radius 3 is 2.60 bits per heavy atom. The van der Waals surface area contributed by atoms with Gasteiger partial charge in [0.25, 0.3) is 0 Å². The lowest BCUT2D eigenvalue weighted by atomic mass is 9.44. The van der Waals surface area contributed by atoms with Gasteiger partial charge in [0.05, 0.1) is 16.7 Å². The fourth-order valence-corrected chi connectivity index (χ4v) is 9.35. The zero-order valence-corrected chi connectivity index (χ0v) is 23.7. The Bertz CT molecular complexity index is 1420. The highest BCUT2D eigenvalue weighted by Crippen LogP contribution is 2.72. The standard InChI is InChI=1S/C30H31ClF5NO5/c1-26-6-5-17(39)9-21(26)23(32)10-19-18-8-16-13-37(12-15-3-4-22(31)20(7-15)30(34,35)36)42-29(16,25(41)14-38)27(18,2)11-24(40)28(19,26)33/h3-7,9,16,18-19,23-24,38,40H,8,10-14H2,1-2H3/t16-,18-,19-,23-,24-,26-,27-,28-,29-/m0/s1. The Balaban J connectivity index is 1.37. The van der Waals surface area contributed by atoms with E-state index in [2.05, 4.69) is 0 Å². The number of aliphatic hydroxyl groups is 2. The molecule has 1 saturated heterocycles. The van der Waals surface area contributed by atoms with Gasteiger partial charge in [-0.25, -0.2) is 8.78 Å². The van der Waals surface area contributed by atoms with E-state index in [0.29, 0.717) is 0 Å². The van der Waals surface area contributed by atoms with Crippen LogP contribution in [-0.2, 0) is 27.1 Å². The first-order chi connectivity index (χ1) is 19.5. The van der Waals surface area contributed by atoms with E-state index in [4.69, 9.17) is 16.4 Å². The maximum atomic E-state index is 17.4. The largest absolute Gasteiger partial charge is 0.417 e. The summed E-state index contributed by atoms with van der Waals surface area (Å²) in [7, 11) is 0. The van der Waals surface area contributed by atoms with Crippen LogP contribution >= 0.6 is 11.6 Å². The molecule has 0 unspecified atom stereocenters. The molecule has 1 heterocycles. The van der Waals surface area contributed by atoms with Gasteiger partial charge in [0, 0.05) is 35.8 Å². The van der Waals surface area contributed by atoms with E-state index in [0.717, 1.165) is 18.2 Å². The molecule has 3 saturated carbocycles. The van der Waals surface area contributed by atoms with E-state index >= 15 is 8.78 Å². The number of aliphatic hydroxyl groups excluding tert-OH is 2. The predicted octanol–water partition coefficient (Wildman–Crippen LogP) is 4.95. The minimum atomic E-state index is -4.68. The van der Waals surface area contributed by atoms with Crippen molar-refractivity contribution >= 4 is 23.2 Å². The molecular formula is C30H31ClF5NO5. The summed E-state index contributed by atoms with van der Waals surface area (Å²) in [5.74, 6) is -3.43. The second-order valence-electron chi connectivity index (χ2n) is 12.8. The molecule has 0 spiro atoms. The predicted molar refractivity (Wildman–Crippen MR) is 140 cm³/mol. The molecule has 4 fully saturated rings. The molecule has 42 heavy (non-hydrogen) atoms. The summed E-state index contributed by atoms with van der Waals surface area (Å²) in [4.78, 5) is 31.9. The van der Waals surface area contributed by atoms with Gasteiger partial charge in [-0.15, -0.1) is 0 Å². The van der Waals surface area contributed by atoms with Gasteiger partial charge >= 0.3 is 6.18 Å². The molecular weight excluding hydrogens is 585 g/mol. The summed E-state index contributed by atoms with van der Waals surface area (Å²) < 4.78 is 73.5. The molecule has 9 atom stereocenters. The molecule has 0 aromatic heterocycles. The number of hydroxylamine groups is 2. The summed E-state index contributed by atoms with van der Waals surface area (Å²) in [6.45, 7) is 2.21. The van der Waals surface area contributed by atoms with Crippen LogP contribution < -0.4 is 0 Å². The van der Waals surface area contributed by atoms with Crippen LogP contribution in [0.25, 0.3) is 0 Å². The van der Waals surface area contributed by atoms with Crippen molar-refractivity contribution in [3.8, 4) is 0 Å². The molecule has 5 aliphatic rings. The third-order valence-corrected chi connectivity index (χ3v) is 11.3. The number of benzene rings is 1. The first kappa shape index (κ1) is 29.9. The molecule has 0 amide bonds. The number of Topliss-reactive ketones (excluding diaryl/α,β-unsaturated/α-hetero) is 1. The molecule has 0 radical (unpaired) electrons. The van der Waals surface area contributed by atoms with Crippen LogP contribution in [0, 0.1) is 28.6 Å². The van der Waals surface area contributed by atoms with Crippen LogP contribution in [0.5, 0.6) is 0 Å². The van der Waals surface area contributed by atoms with Crippen LogP contribution in [0.4, 0.5) is 22.0 Å². The quantitative estimate of drug-likeness (QED) is 0.466. The first-order valence-corrected chi connectivity index (χ1v) is 14.3. The monoisotopic (exact) mass is 615 g/mol. The van der Waals surface area contributed by atoms with Crippen LogP contribution in [0.15, 0.2) is 42.0 Å². The Morgan fingerprint density at radius 1 is 1.21 bits per heavy atom. The number of allylic oxidation sites excluding steroid dienone is 4. The average molecular weight is 616 g/mol. The number of hydrogen-bond acceptors (Lipinski definition) is 6. The lowest BCUT2D eigenvalue weighted by Gasteiger charge is -2.63. The van der Waals surface area contributed by atoms with Crippen LogP contribution in [0.2, 0.25) is 5.02 Å². The smallest absolute Gasteiger partial charge is 0.390 e. The third kappa shape index (κ3) is 3.76. The average Bonchev–Trinajstić information content (AvgIpc) is 3.39. The fraction of sp³-hybridized carbons (Fsp3) is 0.600. The number of halogens is 6. The summed E-state index contributed by atoms with van der Waals surface area (Å²) in [5, 5.41) is 22.5. The van der Waals surface area contributed by atoms with Gasteiger partial charge in [-0.3, -0.25) is 14.4 Å². The van der Waals surface area contributed by atoms with Crippen LogP contribution in [0.3, 0.4) is 0 Å². The maximum Gasteiger partial charge on any atom is 0.417 e. The number of ketones is 2. The van der Waals surface area contributed by atoms with Gasteiger partial charge in [0.2, 0.25) is 0 Å². The molecule has 4 aliphatic carbocycles. The van der Waals surface area contributed by atoms with E-state index < -0.39 is 87.1 Å². The molecule has 2 N–H and O–H groups in total. The van der Waals surface area contributed by atoms with Crippen molar-refractivity contribution in [2.75, 3.05) is 13.2 Å². The van der Waals surface area contributed by atoms with Gasteiger partial charge in [-0.05, 0) is 67.5 Å². The zero-order valence-electron chi connectivity index (χ0n) is 22.9. The Hall–Kier alpha value is -2.18. The van der Waals surface area contributed by atoms with E-state index in [9.17, 15) is 33.0 Å². The number of fused-ring (bicyclic) bond motifs is 7. The molecule has 1 aromatic rings. The number of carbonyl (C=O) groups excluding carboxylic acids is 2. The molecule has 6 rings (SSSR count). The summed E-state index contributed by atoms with van der Waals surface area (Å²) in [5.41, 5.74) is -7.69. The van der Waals surface area contributed by atoms with Gasteiger partial charge in [0.15, 0.2) is 22.8 Å². The summed E-state index contributed by atoms with van der Waals surface area (Å²) in [6, 6.07) is 3.46. The number of nitrogens with zero attached hydrogens (tertiary/aromatic N) is 1. The van der Waals surface area contributed by atoms with Gasteiger partial charge < -0.3 is 10.2 Å². The highest BCUT2D eigenvalue weighted by atomic mass is 35.5. The molecule has 1 aliphatic heterocycles. The SMILES string of the molecule is C[C@]12C=CC(=O)C=C1[C@@H](F)C[C@H]1[C@@H]3C[C@H]4CN(Cc5ccc(Cl)c(C(F)(F)F)c5)O[C@@]4(C(=O)CO)[C@@]3(C)C[C@H](O)[C@@]12F.